The molecular weight excluding hydrogens is 316 g/mol. The Morgan fingerprint density at radius 2 is 2.16 bits per heavy atom. The summed E-state index contributed by atoms with van der Waals surface area (Å²) in [5, 5.41) is 4.26. The maximum absolute atomic E-state index is 13.2. The van der Waals surface area contributed by atoms with Crippen molar-refractivity contribution in [1.29, 1.82) is 0 Å². The van der Waals surface area contributed by atoms with E-state index in [2.05, 4.69) is 17.0 Å². The van der Waals surface area contributed by atoms with Gasteiger partial charge in [0.1, 0.15) is 0 Å². The molecule has 2 aromatic rings. The summed E-state index contributed by atoms with van der Waals surface area (Å²) in [5.41, 5.74) is 1.78. The van der Waals surface area contributed by atoms with Gasteiger partial charge in [-0.3, -0.25) is 14.4 Å². The number of carbonyl (C=O) groups excluding carboxylic acids is 1. The number of ether oxygens (including phenoxy) is 1. The summed E-state index contributed by atoms with van der Waals surface area (Å²) >= 11 is 0. The van der Waals surface area contributed by atoms with E-state index in [0.717, 1.165) is 43.8 Å². The third-order valence-electron chi connectivity index (χ3n) is 5.29. The SMILES string of the molecule is CN1CCO[C@@H]2CCN(C(=O)c3ccccc3Cn3cccn3)C[C@H]21. The first-order chi connectivity index (χ1) is 12.2. The molecule has 2 atom stereocenters. The molecule has 2 fully saturated rings. The van der Waals surface area contributed by atoms with Crippen molar-refractivity contribution >= 4 is 5.91 Å². The van der Waals surface area contributed by atoms with Crippen LogP contribution in [0.4, 0.5) is 0 Å². The van der Waals surface area contributed by atoms with E-state index < -0.39 is 0 Å². The van der Waals surface area contributed by atoms with Crippen LogP contribution >= 0.6 is 0 Å². The number of hydrogen-bond acceptors (Lipinski definition) is 4. The van der Waals surface area contributed by atoms with Gasteiger partial charge in [-0.25, -0.2) is 0 Å². The minimum Gasteiger partial charge on any atom is -0.375 e. The lowest BCUT2D eigenvalue weighted by Crippen LogP contribution is -2.59. The van der Waals surface area contributed by atoms with Crippen LogP contribution in [0.15, 0.2) is 42.7 Å². The predicted molar refractivity (Wildman–Crippen MR) is 94.4 cm³/mol. The van der Waals surface area contributed by atoms with Crippen molar-refractivity contribution in [3.05, 3.63) is 53.9 Å². The lowest BCUT2D eigenvalue weighted by molar-refractivity contribution is -0.0893. The Morgan fingerprint density at radius 1 is 1.28 bits per heavy atom. The fraction of sp³-hybridized carbons (Fsp3) is 0.474. The van der Waals surface area contributed by atoms with Crippen LogP contribution in [0.3, 0.4) is 0 Å². The van der Waals surface area contributed by atoms with Gasteiger partial charge in [-0.15, -0.1) is 0 Å². The van der Waals surface area contributed by atoms with E-state index in [-0.39, 0.29) is 12.0 Å². The molecule has 6 nitrogen and oxygen atoms in total. The number of morpholine rings is 1. The maximum Gasteiger partial charge on any atom is 0.254 e. The van der Waals surface area contributed by atoms with E-state index in [0.29, 0.717) is 12.6 Å². The van der Waals surface area contributed by atoms with Crippen molar-refractivity contribution in [3.8, 4) is 0 Å². The highest BCUT2D eigenvalue weighted by Crippen LogP contribution is 2.24. The zero-order valence-corrected chi connectivity index (χ0v) is 14.5. The third-order valence-corrected chi connectivity index (χ3v) is 5.29. The first kappa shape index (κ1) is 16.3. The normalized spacial score (nSPS) is 24.1. The van der Waals surface area contributed by atoms with Gasteiger partial charge < -0.3 is 9.64 Å². The first-order valence-corrected chi connectivity index (χ1v) is 8.89. The van der Waals surface area contributed by atoms with Crippen LogP contribution in [-0.4, -0.2) is 70.9 Å². The summed E-state index contributed by atoms with van der Waals surface area (Å²) < 4.78 is 7.74. The third kappa shape index (κ3) is 3.32. The second-order valence-electron chi connectivity index (χ2n) is 6.86. The first-order valence-electron chi connectivity index (χ1n) is 8.89. The Balaban J connectivity index is 1.53. The predicted octanol–water partition coefficient (Wildman–Crippen LogP) is 1.48. The molecular formula is C19H24N4O2. The largest absolute Gasteiger partial charge is 0.375 e. The van der Waals surface area contributed by atoms with Crippen molar-refractivity contribution in [3.63, 3.8) is 0 Å². The minimum atomic E-state index is 0.111. The van der Waals surface area contributed by atoms with Gasteiger partial charge in [-0.05, 0) is 31.2 Å². The topological polar surface area (TPSA) is 50.6 Å². The number of carbonyl (C=O) groups is 1. The number of fused-ring (bicyclic) bond motifs is 1. The molecule has 2 saturated heterocycles. The summed E-state index contributed by atoms with van der Waals surface area (Å²) in [5.74, 6) is 0.111. The Hall–Kier alpha value is -2.18. The Kier molecular flexibility index (Phi) is 4.55. The molecule has 1 aromatic heterocycles. The van der Waals surface area contributed by atoms with Crippen molar-refractivity contribution in [2.75, 3.05) is 33.3 Å². The summed E-state index contributed by atoms with van der Waals surface area (Å²) in [6.07, 6.45) is 4.83. The van der Waals surface area contributed by atoms with Crippen molar-refractivity contribution in [2.24, 2.45) is 0 Å². The van der Waals surface area contributed by atoms with Crippen LogP contribution in [0.5, 0.6) is 0 Å². The number of benzene rings is 1. The van der Waals surface area contributed by atoms with Crippen LogP contribution in [0.2, 0.25) is 0 Å². The molecule has 0 saturated carbocycles. The summed E-state index contributed by atoms with van der Waals surface area (Å²) in [4.78, 5) is 17.5. The number of piperidine rings is 1. The van der Waals surface area contributed by atoms with E-state index in [1.165, 1.54) is 0 Å². The second-order valence-corrected chi connectivity index (χ2v) is 6.86. The maximum atomic E-state index is 13.2. The van der Waals surface area contributed by atoms with Gasteiger partial charge in [0.2, 0.25) is 0 Å². The minimum absolute atomic E-state index is 0.111. The fourth-order valence-corrected chi connectivity index (χ4v) is 3.83. The highest BCUT2D eigenvalue weighted by molar-refractivity contribution is 5.95. The van der Waals surface area contributed by atoms with E-state index in [4.69, 9.17) is 4.74 Å². The Bertz CT molecular complexity index is 731. The van der Waals surface area contributed by atoms with Gasteiger partial charge in [0.05, 0.1) is 25.3 Å². The standard InChI is InChI=1S/C19H24N4O2/c1-21-11-12-25-18-7-10-22(14-17(18)21)19(24)16-6-3-2-5-15(16)13-23-9-4-8-20-23/h2-6,8-9,17-18H,7,10-14H2,1H3/t17-,18-/m1/s1. The van der Waals surface area contributed by atoms with Gasteiger partial charge in [0.15, 0.2) is 0 Å². The Morgan fingerprint density at radius 3 is 3.00 bits per heavy atom. The number of likely N-dealkylation sites (N-methyl/N-ethyl adjacent to an activating group) is 1. The molecule has 132 valence electrons. The van der Waals surface area contributed by atoms with Crippen molar-refractivity contribution < 1.29 is 9.53 Å². The zero-order chi connectivity index (χ0) is 17.2. The number of aromatic nitrogens is 2. The van der Waals surface area contributed by atoms with Crippen LogP contribution in [0, 0.1) is 0 Å². The molecule has 1 aromatic carbocycles. The molecule has 0 bridgehead atoms. The lowest BCUT2D eigenvalue weighted by Gasteiger charge is -2.45. The molecule has 2 aliphatic heterocycles. The number of rotatable bonds is 3. The van der Waals surface area contributed by atoms with Gasteiger partial charge in [0, 0.05) is 37.6 Å². The monoisotopic (exact) mass is 340 g/mol. The molecule has 0 radical (unpaired) electrons. The van der Waals surface area contributed by atoms with E-state index >= 15 is 0 Å². The molecule has 6 heteroatoms. The number of likely N-dealkylation sites (tertiary alicyclic amines) is 1. The average Bonchev–Trinajstić information content (AvgIpc) is 3.15. The van der Waals surface area contributed by atoms with Crippen molar-refractivity contribution in [1.82, 2.24) is 19.6 Å². The van der Waals surface area contributed by atoms with Crippen molar-refractivity contribution in [2.45, 2.75) is 25.1 Å². The molecule has 0 unspecified atom stereocenters. The molecule has 0 aliphatic carbocycles. The molecule has 0 spiro atoms. The van der Waals surface area contributed by atoms with Gasteiger partial charge >= 0.3 is 0 Å². The van der Waals surface area contributed by atoms with E-state index in [9.17, 15) is 4.79 Å². The highest BCUT2D eigenvalue weighted by atomic mass is 16.5. The van der Waals surface area contributed by atoms with Crippen LogP contribution in [0.1, 0.15) is 22.3 Å². The lowest BCUT2D eigenvalue weighted by atomic mass is 9.97. The molecule has 25 heavy (non-hydrogen) atoms. The van der Waals surface area contributed by atoms with Gasteiger partial charge in [-0.2, -0.15) is 5.10 Å². The van der Waals surface area contributed by atoms with Gasteiger partial charge in [-0.1, -0.05) is 18.2 Å². The average molecular weight is 340 g/mol. The number of hydrogen-bond donors (Lipinski definition) is 0. The quantitative estimate of drug-likeness (QED) is 0.849. The van der Waals surface area contributed by atoms with Gasteiger partial charge in [0.25, 0.3) is 5.91 Å². The zero-order valence-electron chi connectivity index (χ0n) is 14.5. The molecule has 2 aliphatic rings. The molecule has 3 heterocycles. The molecule has 4 rings (SSSR count). The van der Waals surface area contributed by atoms with Crippen LogP contribution in [0.25, 0.3) is 0 Å². The summed E-state index contributed by atoms with van der Waals surface area (Å²) in [6.45, 7) is 3.81. The summed E-state index contributed by atoms with van der Waals surface area (Å²) in [7, 11) is 2.12. The summed E-state index contributed by atoms with van der Waals surface area (Å²) in [6, 6.07) is 10.0. The molecule has 1 amide bonds. The number of amides is 1. The Labute approximate surface area is 148 Å². The second kappa shape index (κ2) is 6.98. The molecule has 0 N–H and O–H groups in total. The van der Waals surface area contributed by atoms with E-state index in [1.807, 2.05) is 46.1 Å². The van der Waals surface area contributed by atoms with Crippen LogP contribution < -0.4 is 0 Å². The smallest absolute Gasteiger partial charge is 0.254 e. The van der Waals surface area contributed by atoms with Crippen LogP contribution in [-0.2, 0) is 11.3 Å². The highest BCUT2D eigenvalue weighted by Gasteiger charge is 2.37. The van der Waals surface area contributed by atoms with E-state index in [1.54, 1.807) is 6.20 Å². The number of nitrogens with zero attached hydrogens (tertiary/aromatic N) is 4. The fourth-order valence-electron chi connectivity index (χ4n) is 3.83.